The summed E-state index contributed by atoms with van der Waals surface area (Å²) in [6, 6.07) is 7.56. The normalized spacial score (nSPS) is 19.4. The molecular weight excluding hydrogens is 432 g/mol. The fraction of sp³-hybridized carbons (Fsp3) is 0.636. The highest BCUT2D eigenvalue weighted by Crippen LogP contribution is 2.35. The van der Waals surface area contributed by atoms with Crippen LogP contribution in [0.4, 0.5) is 0 Å². The summed E-state index contributed by atoms with van der Waals surface area (Å²) < 4.78 is 35.5. The Kier molecular flexibility index (Phi) is 7.68. The van der Waals surface area contributed by atoms with Gasteiger partial charge in [-0.25, -0.2) is 8.42 Å². The molecular formula is C22H32N4O3S2. The molecule has 0 radical (unpaired) electrons. The minimum atomic E-state index is -3.55. The molecule has 2 heterocycles. The lowest BCUT2D eigenvalue weighted by molar-refractivity contribution is 0.0730. The minimum Gasteiger partial charge on any atom is -0.379 e. The molecule has 1 aromatic heterocycles. The molecule has 0 N–H and O–H groups in total. The average Bonchev–Trinajstić information content (AvgIpc) is 3.04. The predicted octanol–water partition coefficient (Wildman–Crippen LogP) is 4.36. The monoisotopic (exact) mass is 464 g/mol. The molecule has 9 heteroatoms. The molecule has 1 aromatic carbocycles. The molecule has 1 aliphatic heterocycles. The van der Waals surface area contributed by atoms with Gasteiger partial charge in [-0.3, -0.25) is 4.57 Å². The lowest BCUT2D eigenvalue weighted by Gasteiger charge is -2.26. The van der Waals surface area contributed by atoms with Crippen molar-refractivity contribution in [2.24, 2.45) is 0 Å². The molecule has 2 fully saturated rings. The summed E-state index contributed by atoms with van der Waals surface area (Å²) in [7, 11) is -3.55. The number of hydrogen-bond acceptors (Lipinski definition) is 6. The van der Waals surface area contributed by atoms with E-state index in [0.29, 0.717) is 37.2 Å². The van der Waals surface area contributed by atoms with Crippen molar-refractivity contribution in [3.8, 4) is 11.4 Å². The summed E-state index contributed by atoms with van der Waals surface area (Å²) in [5.74, 6) is 1.78. The Labute approximate surface area is 189 Å². The van der Waals surface area contributed by atoms with Crippen LogP contribution >= 0.6 is 11.8 Å². The maximum Gasteiger partial charge on any atom is 0.243 e. The first-order chi connectivity index (χ1) is 15.1. The maximum atomic E-state index is 13.2. The molecule has 2 aromatic rings. The van der Waals surface area contributed by atoms with Crippen LogP contribution in [0.5, 0.6) is 0 Å². The van der Waals surface area contributed by atoms with Gasteiger partial charge in [0.2, 0.25) is 10.0 Å². The molecule has 1 saturated heterocycles. The highest BCUT2D eigenvalue weighted by atomic mass is 32.2. The van der Waals surface area contributed by atoms with E-state index in [2.05, 4.69) is 21.7 Å². The van der Waals surface area contributed by atoms with Crippen LogP contribution < -0.4 is 0 Å². The number of ether oxygens (including phenoxy) is 1. The number of morpholine rings is 1. The van der Waals surface area contributed by atoms with Crippen LogP contribution in [0.1, 0.15) is 57.9 Å². The van der Waals surface area contributed by atoms with E-state index < -0.39 is 10.0 Å². The molecule has 0 atom stereocenters. The lowest BCUT2D eigenvalue weighted by atomic mass is 10.1. The Balaban J connectivity index is 1.70. The topological polar surface area (TPSA) is 77.3 Å². The first-order valence-electron chi connectivity index (χ1n) is 11.4. The third-order valence-corrected chi connectivity index (χ3v) is 9.03. The summed E-state index contributed by atoms with van der Waals surface area (Å²) in [5.41, 5.74) is 0.814. The first-order valence-corrected chi connectivity index (χ1v) is 13.8. The van der Waals surface area contributed by atoms with Crippen LogP contribution in [-0.4, -0.2) is 59.5 Å². The first kappa shape index (κ1) is 22.8. The number of benzene rings is 1. The lowest BCUT2D eigenvalue weighted by Crippen LogP contribution is -2.40. The zero-order valence-electron chi connectivity index (χ0n) is 18.2. The molecule has 170 valence electrons. The Hall–Kier alpha value is -1.42. The van der Waals surface area contributed by atoms with Crippen LogP contribution in [0.3, 0.4) is 0 Å². The smallest absolute Gasteiger partial charge is 0.243 e. The van der Waals surface area contributed by atoms with E-state index >= 15 is 0 Å². The van der Waals surface area contributed by atoms with Crippen LogP contribution in [-0.2, 0) is 14.8 Å². The van der Waals surface area contributed by atoms with Crippen LogP contribution in [0.2, 0.25) is 0 Å². The highest BCUT2D eigenvalue weighted by molar-refractivity contribution is 7.99. The predicted molar refractivity (Wildman–Crippen MR) is 123 cm³/mol. The molecule has 0 unspecified atom stereocenters. The summed E-state index contributed by atoms with van der Waals surface area (Å²) in [6.07, 6.45) is 8.30. The van der Waals surface area contributed by atoms with Crippen molar-refractivity contribution in [3.05, 3.63) is 24.3 Å². The zero-order valence-corrected chi connectivity index (χ0v) is 19.8. The Morgan fingerprint density at radius 1 is 1.10 bits per heavy atom. The second-order valence-corrected chi connectivity index (χ2v) is 11.2. The van der Waals surface area contributed by atoms with Crippen molar-refractivity contribution in [2.75, 3.05) is 32.1 Å². The molecule has 0 spiro atoms. The molecule has 31 heavy (non-hydrogen) atoms. The van der Waals surface area contributed by atoms with Gasteiger partial charge in [0.15, 0.2) is 11.0 Å². The molecule has 2 aliphatic rings. The van der Waals surface area contributed by atoms with Crippen LogP contribution in [0, 0.1) is 0 Å². The zero-order chi connectivity index (χ0) is 21.7. The summed E-state index contributed by atoms with van der Waals surface area (Å²) in [4.78, 5) is 0.310. The minimum absolute atomic E-state index is 0.310. The average molecular weight is 465 g/mol. The molecule has 1 saturated carbocycles. The van der Waals surface area contributed by atoms with Crippen molar-refractivity contribution in [1.29, 1.82) is 0 Å². The van der Waals surface area contributed by atoms with Gasteiger partial charge in [0.05, 0.1) is 18.1 Å². The summed E-state index contributed by atoms with van der Waals surface area (Å²) in [6.45, 7) is 3.82. The summed E-state index contributed by atoms with van der Waals surface area (Å²) in [5, 5.41) is 10.0. The van der Waals surface area contributed by atoms with E-state index in [9.17, 15) is 8.42 Å². The van der Waals surface area contributed by atoms with Gasteiger partial charge in [0.1, 0.15) is 0 Å². The van der Waals surface area contributed by atoms with Crippen LogP contribution in [0.15, 0.2) is 34.3 Å². The number of thioether (sulfide) groups is 1. The van der Waals surface area contributed by atoms with Gasteiger partial charge in [-0.2, -0.15) is 4.31 Å². The van der Waals surface area contributed by atoms with E-state index in [0.717, 1.165) is 41.6 Å². The number of sulfonamides is 1. The standard InChI is InChI=1S/C22H32N4O3S2/c1-2-16-30-22-24-23-21(26(22)19-9-5-3-4-6-10-19)18-8-7-11-20(17-18)31(27,28)25-12-14-29-15-13-25/h7-8,11,17,19H,2-6,9-10,12-16H2,1H3. The van der Waals surface area contributed by atoms with Gasteiger partial charge in [-0.1, -0.05) is 56.5 Å². The molecule has 7 nitrogen and oxygen atoms in total. The Morgan fingerprint density at radius 3 is 2.55 bits per heavy atom. The van der Waals surface area contributed by atoms with Crippen molar-refractivity contribution < 1.29 is 13.2 Å². The Bertz CT molecular complexity index is 963. The van der Waals surface area contributed by atoms with Crippen molar-refractivity contribution in [2.45, 2.75) is 68.0 Å². The second kappa shape index (κ2) is 10.5. The molecule has 0 bridgehead atoms. The van der Waals surface area contributed by atoms with Gasteiger partial charge in [-0.15, -0.1) is 10.2 Å². The fourth-order valence-corrected chi connectivity index (χ4v) is 6.66. The van der Waals surface area contributed by atoms with E-state index in [-0.39, 0.29) is 0 Å². The third-order valence-electron chi connectivity index (χ3n) is 5.99. The number of rotatable bonds is 7. The van der Waals surface area contributed by atoms with E-state index in [1.165, 1.54) is 30.0 Å². The van der Waals surface area contributed by atoms with Crippen molar-refractivity contribution in [3.63, 3.8) is 0 Å². The Morgan fingerprint density at radius 2 is 1.84 bits per heavy atom. The van der Waals surface area contributed by atoms with E-state index in [1.54, 1.807) is 23.9 Å². The van der Waals surface area contributed by atoms with Gasteiger partial charge >= 0.3 is 0 Å². The van der Waals surface area contributed by atoms with Crippen molar-refractivity contribution >= 4 is 21.8 Å². The molecule has 0 amide bonds. The second-order valence-electron chi connectivity index (χ2n) is 8.21. The fourth-order valence-electron chi connectivity index (χ4n) is 4.34. The number of nitrogens with zero attached hydrogens (tertiary/aromatic N) is 4. The van der Waals surface area contributed by atoms with Gasteiger partial charge in [0, 0.05) is 30.4 Å². The maximum absolute atomic E-state index is 13.2. The SMILES string of the molecule is CCCSc1nnc(-c2cccc(S(=O)(=O)N3CCOCC3)c2)n1C1CCCCCC1. The highest BCUT2D eigenvalue weighted by Gasteiger charge is 2.28. The van der Waals surface area contributed by atoms with Crippen molar-refractivity contribution in [1.82, 2.24) is 19.1 Å². The molecule has 1 aliphatic carbocycles. The third kappa shape index (κ3) is 5.16. The van der Waals surface area contributed by atoms with Gasteiger partial charge in [0.25, 0.3) is 0 Å². The van der Waals surface area contributed by atoms with Crippen LogP contribution in [0.25, 0.3) is 11.4 Å². The van der Waals surface area contributed by atoms with E-state index in [4.69, 9.17) is 4.74 Å². The quantitative estimate of drug-likeness (QED) is 0.447. The molecule has 4 rings (SSSR count). The summed E-state index contributed by atoms with van der Waals surface area (Å²) >= 11 is 1.74. The van der Waals surface area contributed by atoms with E-state index in [1.807, 2.05) is 12.1 Å². The largest absolute Gasteiger partial charge is 0.379 e. The van der Waals surface area contributed by atoms with Gasteiger partial charge < -0.3 is 4.74 Å². The number of hydrogen-bond donors (Lipinski definition) is 0. The number of aromatic nitrogens is 3. The van der Waals surface area contributed by atoms with Gasteiger partial charge in [-0.05, 0) is 31.4 Å².